The molecule has 0 heterocycles. The van der Waals surface area contributed by atoms with Crippen LogP contribution in [0.15, 0.2) is 12.1 Å². The van der Waals surface area contributed by atoms with Gasteiger partial charge in [0.25, 0.3) is 0 Å². The minimum atomic E-state index is -0.786. The van der Waals surface area contributed by atoms with Crippen molar-refractivity contribution in [1.29, 1.82) is 0 Å². The lowest BCUT2D eigenvalue weighted by molar-refractivity contribution is 0.265. The molecule has 72 valence electrons. The van der Waals surface area contributed by atoms with Crippen LogP contribution in [0.3, 0.4) is 0 Å². The molecular formula is C9H12FNO2. The highest BCUT2D eigenvalue weighted by Crippen LogP contribution is 2.24. The summed E-state index contributed by atoms with van der Waals surface area (Å²) in [4.78, 5) is 0. The van der Waals surface area contributed by atoms with E-state index in [2.05, 4.69) is 0 Å². The van der Waals surface area contributed by atoms with Gasteiger partial charge < -0.3 is 15.9 Å². The average molecular weight is 185 g/mol. The molecule has 0 amide bonds. The van der Waals surface area contributed by atoms with Crippen LogP contribution < -0.4 is 5.73 Å². The van der Waals surface area contributed by atoms with Crippen LogP contribution in [0.1, 0.15) is 17.2 Å². The van der Waals surface area contributed by atoms with Crippen LogP contribution in [0.25, 0.3) is 0 Å². The minimum Gasteiger partial charge on any atom is -0.508 e. The number of phenolic OH excluding ortho intramolecular Hbond substituents is 1. The molecule has 1 atom stereocenters. The number of halogens is 1. The summed E-state index contributed by atoms with van der Waals surface area (Å²) in [6, 6.07) is 1.65. The van der Waals surface area contributed by atoms with Crippen molar-refractivity contribution in [2.45, 2.75) is 13.0 Å². The van der Waals surface area contributed by atoms with Crippen molar-refractivity contribution in [3.63, 3.8) is 0 Å². The summed E-state index contributed by atoms with van der Waals surface area (Å²) < 4.78 is 13.2. The molecule has 0 bridgehead atoms. The van der Waals surface area contributed by atoms with E-state index >= 15 is 0 Å². The molecule has 1 unspecified atom stereocenters. The van der Waals surface area contributed by atoms with E-state index in [-0.39, 0.29) is 17.9 Å². The number of aliphatic hydroxyl groups is 1. The molecule has 0 aliphatic rings. The smallest absolute Gasteiger partial charge is 0.128 e. The van der Waals surface area contributed by atoms with Gasteiger partial charge in [-0.1, -0.05) is 0 Å². The first-order valence-electron chi connectivity index (χ1n) is 3.91. The van der Waals surface area contributed by atoms with E-state index in [0.29, 0.717) is 5.56 Å². The molecule has 0 aliphatic heterocycles. The molecule has 0 saturated heterocycles. The summed E-state index contributed by atoms with van der Waals surface area (Å²) in [5, 5.41) is 18.0. The van der Waals surface area contributed by atoms with Crippen LogP contribution in [0, 0.1) is 12.7 Å². The van der Waals surface area contributed by atoms with Gasteiger partial charge in [-0.15, -0.1) is 0 Å². The predicted octanol–water partition coefficient (Wildman–Crippen LogP) is 0.832. The van der Waals surface area contributed by atoms with Crippen molar-refractivity contribution in [3.8, 4) is 5.75 Å². The van der Waals surface area contributed by atoms with Crippen LogP contribution in [0.4, 0.5) is 4.39 Å². The number of nitrogens with two attached hydrogens (primary N) is 1. The zero-order valence-electron chi connectivity index (χ0n) is 7.29. The Hall–Kier alpha value is -1.13. The summed E-state index contributed by atoms with van der Waals surface area (Å²) in [6.07, 6.45) is 0. The molecule has 3 nitrogen and oxygen atoms in total. The summed E-state index contributed by atoms with van der Waals surface area (Å²) in [6.45, 7) is 1.24. The molecule has 4 heteroatoms. The zero-order valence-corrected chi connectivity index (χ0v) is 7.29. The second-order valence-electron chi connectivity index (χ2n) is 2.95. The Kier molecular flexibility index (Phi) is 2.85. The first kappa shape index (κ1) is 9.95. The molecule has 0 saturated carbocycles. The Bertz CT molecular complexity index is 315. The molecule has 0 aromatic heterocycles. The monoisotopic (exact) mass is 185 g/mol. The zero-order chi connectivity index (χ0) is 10.0. The number of hydrogen-bond acceptors (Lipinski definition) is 3. The number of aryl methyl sites for hydroxylation is 1. The molecule has 0 aliphatic carbocycles. The van der Waals surface area contributed by atoms with Crippen molar-refractivity contribution in [2.75, 3.05) is 6.61 Å². The van der Waals surface area contributed by atoms with Gasteiger partial charge in [-0.25, -0.2) is 4.39 Å². The molecule has 1 rings (SSSR count). The number of hydrogen-bond donors (Lipinski definition) is 3. The van der Waals surface area contributed by atoms with Crippen LogP contribution >= 0.6 is 0 Å². The van der Waals surface area contributed by atoms with Gasteiger partial charge in [0.2, 0.25) is 0 Å². The third-order valence-electron chi connectivity index (χ3n) is 1.91. The number of benzene rings is 1. The lowest BCUT2D eigenvalue weighted by Crippen LogP contribution is -2.16. The fourth-order valence-electron chi connectivity index (χ4n) is 1.06. The Labute approximate surface area is 75.6 Å². The van der Waals surface area contributed by atoms with Gasteiger partial charge >= 0.3 is 0 Å². The highest BCUT2D eigenvalue weighted by molar-refractivity contribution is 5.37. The third kappa shape index (κ3) is 1.96. The first-order valence-corrected chi connectivity index (χ1v) is 3.91. The number of aliphatic hydroxyl groups excluding tert-OH is 1. The van der Waals surface area contributed by atoms with Crippen molar-refractivity contribution >= 4 is 0 Å². The maximum atomic E-state index is 13.2. The van der Waals surface area contributed by atoms with E-state index < -0.39 is 11.9 Å². The second kappa shape index (κ2) is 3.72. The molecular weight excluding hydrogens is 173 g/mol. The lowest BCUT2D eigenvalue weighted by atomic mass is 10.0. The van der Waals surface area contributed by atoms with E-state index in [0.717, 1.165) is 0 Å². The standard InChI is InChI=1S/C9H12FNO2/c1-5-2-7(10)6(3-9(5)13)8(11)4-12/h2-3,8,12-13H,4,11H2,1H3. The van der Waals surface area contributed by atoms with Gasteiger partial charge in [-0.3, -0.25) is 0 Å². The van der Waals surface area contributed by atoms with Gasteiger partial charge in [0, 0.05) is 5.56 Å². The van der Waals surface area contributed by atoms with Crippen LogP contribution in [0.5, 0.6) is 5.75 Å². The lowest BCUT2D eigenvalue weighted by Gasteiger charge is -2.11. The quantitative estimate of drug-likeness (QED) is 0.639. The average Bonchev–Trinajstić information content (AvgIpc) is 2.10. The molecule has 1 aromatic carbocycles. The van der Waals surface area contributed by atoms with Gasteiger partial charge in [0.15, 0.2) is 0 Å². The van der Waals surface area contributed by atoms with Crippen molar-refractivity contribution in [3.05, 3.63) is 29.1 Å². The number of aromatic hydroxyl groups is 1. The molecule has 0 spiro atoms. The van der Waals surface area contributed by atoms with Gasteiger partial charge in [-0.2, -0.15) is 0 Å². The molecule has 1 aromatic rings. The highest BCUT2D eigenvalue weighted by atomic mass is 19.1. The van der Waals surface area contributed by atoms with Crippen molar-refractivity contribution in [2.24, 2.45) is 5.73 Å². The normalized spacial score (nSPS) is 12.9. The Morgan fingerprint density at radius 3 is 2.69 bits per heavy atom. The number of rotatable bonds is 2. The summed E-state index contributed by atoms with van der Waals surface area (Å²) in [5.74, 6) is -0.517. The van der Waals surface area contributed by atoms with Crippen LogP contribution in [-0.2, 0) is 0 Å². The molecule has 13 heavy (non-hydrogen) atoms. The van der Waals surface area contributed by atoms with Gasteiger partial charge in [0.05, 0.1) is 12.6 Å². The summed E-state index contributed by atoms with van der Waals surface area (Å²) in [5.41, 5.74) is 5.99. The van der Waals surface area contributed by atoms with E-state index in [1.54, 1.807) is 6.92 Å². The fraction of sp³-hybridized carbons (Fsp3) is 0.333. The predicted molar refractivity (Wildman–Crippen MR) is 46.8 cm³/mol. The summed E-state index contributed by atoms with van der Waals surface area (Å²) >= 11 is 0. The second-order valence-corrected chi connectivity index (χ2v) is 2.95. The Morgan fingerprint density at radius 1 is 1.54 bits per heavy atom. The molecule has 4 N–H and O–H groups in total. The Balaban J connectivity index is 3.15. The van der Waals surface area contributed by atoms with Gasteiger partial charge in [0.1, 0.15) is 11.6 Å². The van der Waals surface area contributed by atoms with E-state index in [1.165, 1.54) is 12.1 Å². The topological polar surface area (TPSA) is 66.5 Å². The summed E-state index contributed by atoms with van der Waals surface area (Å²) in [7, 11) is 0. The Morgan fingerprint density at radius 2 is 2.15 bits per heavy atom. The maximum Gasteiger partial charge on any atom is 0.128 e. The van der Waals surface area contributed by atoms with E-state index in [9.17, 15) is 9.50 Å². The number of phenols is 1. The maximum absolute atomic E-state index is 13.2. The first-order chi connectivity index (χ1) is 6.06. The van der Waals surface area contributed by atoms with E-state index in [1.807, 2.05) is 0 Å². The fourth-order valence-corrected chi connectivity index (χ4v) is 1.06. The molecule has 0 radical (unpaired) electrons. The van der Waals surface area contributed by atoms with Crippen LogP contribution in [0.2, 0.25) is 0 Å². The third-order valence-corrected chi connectivity index (χ3v) is 1.91. The van der Waals surface area contributed by atoms with E-state index in [4.69, 9.17) is 10.8 Å². The minimum absolute atomic E-state index is 0.0136. The SMILES string of the molecule is Cc1cc(F)c(C(N)CO)cc1O. The largest absolute Gasteiger partial charge is 0.508 e. The van der Waals surface area contributed by atoms with Crippen molar-refractivity contribution < 1.29 is 14.6 Å². The van der Waals surface area contributed by atoms with Gasteiger partial charge in [-0.05, 0) is 24.6 Å². The van der Waals surface area contributed by atoms with Crippen LogP contribution in [-0.4, -0.2) is 16.8 Å². The molecule has 0 fully saturated rings. The highest BCUT2D eigenvalue weighted by Gasteiger charge is 2.12. The van der Waals surface area contributed by atoms with Crippen molar-refractivity contribution in [1.82, 2.24) is 0 Å².